The minimum Gasteiger partial charge on any atom is -0.374 e. The van der Waals surface area contributed by atoms with Crippen LogP contribution in [0.3, 0.4) is 0 Å². The minimum atomic E-state index is -1.36. The van der Waals surface area contributed by atoms with Crippen LogP contribution < -0.4 is 0 Å². The highest BCUT2D eigenvalue weighted by Crippen LogP contribution is 2.03. The maximum Gasteiger partial charge on any atom is 0.165 e. The molecule has 0 rings (SSSR count). The van der Waals surface area contributed by atoms with Crippen molar-refractivity contribution in [3.05, 3.63) is 11.9 Å². The van der Waals surface area contributed by atoms with Crippen LogP contribution in [0.25, 0.3) is 0 Å². The summed E-state index contributed by atoms with van der Waals surface area (Å²) in [5, 5.41) is 8.58. The van der Waals surface area contributed by atoms with Crippen molar-refractivity contribution in [3.63, 3.8) is 0 Å². The second-order valence-corrected chi connectivity index (χ2v) is 1.57. The van der Waals surface area contributed by atoms with E-state index in [-0.39, 0.29) is 0 Å². The molecule has 2 heteroatoms. The summed E-state index contributed by atoms with van der Waals surface area (Å²) < 4.78 is 12.3. The van der Waals surface area contributed by atoms with E-state index in [0.717, 1.165) is 0 Å². The van der Waals surface area contributed by atoms with Gasteiger partial charge < -0.3 is 5.11 Å². The second kappa shape index (κ2) is 4.11. The van der Waals surface area contributed by atoms with E-state index < -0.39 is 11.9 Å². The number of rotatable bonds is 2. The van der Waals surface area contributed by atoms with Gasteiger partial charge in [-0.1, -0.05) is 12.8 Å². The van der Waals surface area contributed by atoms with Gasteiger partial charge in [-0.15, -0.1) is 6.42 Å². The molecule has 0 aromatic heterocycles. The Labute approximate surface area is 54.2 Å². The number of allylic oxidation sites excluding steroid dienone is 1. The Morgan fingerprint density at radius 1 is 2.00 bits per heavy atom. The van der Waals surface area contributed by atoms with Gasteiger partial charge in [-0.3, -0.25) is 0 Å². The fourth-order valence-corrected chi connectivity index (χ4v) is 0.386. The maximum absolute atomic E-state index is 12.3. The lowest BCUT2D eigenvalue weighted by molar-refractivity contribution is 0.236. The van der Waals surface area contributed by atoms with Gasteiger partial charge in [0.25, 0.3) is 0 Å². The highest BCUT2D eigenvalue weighted by atomic mass is 19.1. The quantitative estimate of drug-likeness (QED) is 0.555. The summed E-state index contributed by atoms with van der Waals surface area (Å²) in [6.07, 6.45) is 5.17. The number of halogens is 1. The van der Waals surface area contributed by atoms with Crippen LogP contribution in [0.4, 0.5) is 4.39 Å². The summed E-state index contributed by atoms with van der Waals surface area (Å²) in [5.74, 6) is 1.22. The van der Waals surface area contributed by atoms with Gasteiger partial charge in [0.05, 0.1) is 0 Å². The van der Waals surface area contributed by atoms with Crippen molar-refractivity contribution in [1.29, 1.82) is 0 Å². The number of hydrogen-bond donors (Lipinski definition) is 1. The van der Waals surface area contributed by atoms with Gasteiger partial charge in [-0.25, -0.2) is 4.39 Å². The van der Waals surface area contributed by atoms with Gasteiger partial charge in [0.2, 0.25) is 0 Å². The lowest BCUT2D eigenvalue weighted by atomic mass is 10.3. The molecule has 0 saturated heterocycles. The smallest absolute Gasteiger partial charge is 0.165 e. The van der Waals surface area contributed by atoms with E-state index in [9.17, 15) is 4.39 Å². The molecule has 50 valence electrons. The molecule has 9 heavy (non-hydrogen) atoms. The first kappa shape index (κ1) is 8.19. The van der Waals surface area contributed by atoms with Crippen LogP contribution in [-0.2, 0) is 0 Å². The zero-order valence-corrected chi connectivity index (χ0v) is 5.26. The van der Waals surface area contributed by atoms with E-state index in [2.05, 4.69) is 0 Å². The highest BCUT2D eigenvalue weighted by Gasteiger charge is 2.02. The molecule has 0 aliphatic heterocycles. The van der Waals surface area contributed by atoms with E-state index in [1.54, 1.807) is 6.92 Å². The normalized spacial score (nSPS) is 14.7. The molecule has 1 atom stereocenters. The molecule has 0 bridgehead atoms. The first-order valence-electron chi connectivity index (χ1n) is 2.72. The Morgan fingerprint density at radius 3 is 2.89 bits per heavy atom. The molecule has 0 aromatic rings. The number of hydrogen-bond acceptors (Lipinski definition) is 1. The van der Waals surface area contributed by atoms with Crippen LogP contribution in [0.15, 0.2) is 11.9 Å². The predicted octanol–water partition coefficient (Wildman–Crippen LogP) is 1.24. The van der Waals surface area contributed by atoms with E-state index in [0.29, 0.717) is 6.42 Å². The molecule has 0 unspecified atom stereocenters. The number of aliphatic hydroxyl groups excluding tert-OH is 1. The Balaban J connectivity index is 3.89. The monoisotopic (exact) mass is 128 g/mol. The molecule has 0 fully saturated rings. The van der Waals surface area contributed by atoms with E-state index in [1.165, 1.54) is 6.08 Å². The first-order valence-corrected chi connectivity index (χ1v) is 2.72. The zero-order chi connectivity index (χ0) is 7.28. The number of aliphatic hydroxyl groups is 1. The molecule has 0 aliphatic carbocycles. The summed E-state index contributed by atoms with van der Waals surface area (Å²) in [4.78, 5) is 0. The van der Waals surface area contributed by atoms with E-state index in [4.69, 9.17) is 11.5 Å². The Kier molecular flexibility index (Phi) is 3.74. The van der Waals surface area contributed by atoms with Gasteiger partial charge in [0, 0.05) is 0 Å². The van der Waals surface area contributed by atoms with Gasteiger partial charge in [-0.05, 0) is 12.5 Å². The molecule has 0 aromatic carbocycles. The third kappa shape index (κ3) is 2.89. The van der Waals surface area contributed by atoms with Crippen molar-refractivity contribution in [2.45, 2.75) is 19.4 Å². The predicted molar refractivity (Wildman–Crippen MR) is 34.3 cm³/mol. The third-order valence-electron chi connectivity index (χ3n) is 0.818. The van der Waals surface area contributed by atoms with Crippen molar-refractivity contribution >= 4 is 0 Å². The average molecular weight is 128 g/mol. The Hall–Kier alpha value is -0.810. The van der Waals surface area contributed by atoms with Crippen LogP contribution in [0.1, 0.15) is 13.3 Å². The van der Waals surface area contributed by atoms with E-state index in [1.807, 2.05) is 5.92 Å². The first-order chi connectivity index (χ1) is 4.22. The molecule has 0 radical (unpaired) electrons. The molecule has 0 saturated carbocycles. The van der Waals surface area contributed by atoms with Crippen LogP contribution in [0.5, 0.6) is 0 Å². The molecular formula is C7H9FO. The van der Waals surface area contributed by atoms with Gasteiger partial charge in [-0.2, -0.15) is 0 Å². The van der Waals surface area contributed by atoms with Crippen LogP contribution >= 0.6 is 0 Å². The van der Waals surface area contributed by atoms with Crippen LogP contribution in [0, 0.1) is 12.3 Å². The van der Waals surface area contributed by atoms with Gasteiger partial charge >= 0.3 is 0 Å². The molecule has 1 nitrogen and oxygen atoms in total. The Bertz CT molecular complexity index is 143. The summed E-state index contributed by atoms with van der Waals surface area (Å²) in [6.45, 7) is 1.77. The molecule has 0 heterocycles. The summed E-state index contributed by atoms with van der Waals surface area (Å²) in [6, 6.07) is 0. The standard InChI is InChI=1S/C7H9FO/c1-3-5-6(8)7(9)4-2/h2,5,7,9H,3H2,1H3/b6-5-/t7-/m1/s1. The highest BCUT2D eigenvalue weighted by molar-refractivity contribution is 5.11. The molecule has 1 N–H and O–H groups in total. The van der Waals surface area contributed by atoms with Crippen molar-refractivity contribution in [2.24, 2.45) is 0 Å². The van der Waals surface area contributed by atoms with Crippen molar-refractivity contribution in [1.82, 2.24) is 0 Å². The second-order valence-electron chi connectivity index (χ2n) is 1.57. The van der Waals surface area contributed by atoms with E-state index >= 15 is 0 Å². The average Bonchev–Trinajstić information content (AvgIpc) is 1.87. The van der Waals surface area contributed by atoms with Crippen molar-refractivity contribution in [2.75, 3.05) is 0 Å². The zero-order valence-electron chi connectivity index (χ0n) is 5.26. The van der Waals surface area contributed by atoms with Crippen molar-refractivity contribution in [3.8, 4) is 12.3 Å². The van der Waals surface area contributed by atoms with Crippen LogP contribution in [-0.4, -0.2) is 11.2 Å². The fourth-order valence-electron chi connectivity index (χ4n) is 0.386. The number of terminal acetylenes is 1. The summed E-state index contributed by atoms with van der Waals surface area (Å²) in [5.41, 5.74) is 0. The van der Waals surface area contributed by atoms with Gasteiger partial charge in [0.1, 0.15) is 5.83 Å². The lowest BCUT2D eigenvalue weighted by Gasteiger charge is -1.96. The largest absolute Gasteiger partial charge is 0.374 e. The molecular weight excluding hydrogens is 119 g/mol. The SMILES string of the molecule is C#C[C@@H](O)/C(F)=C/CC. The third-order valence-corrected chi connectivity index (χ3v) is 0.818. The molecule has 0 spiro atoms. The van der Waals surface area contributed by atoms with Gasteiger partial charge in [0.15, 0.2) is 6.10 Å². The minimum absolute atomic E-state index is 0.546. The van der Waals surface area contributed by atoms with Crippen LogP contribution in [0.2, 0.25) is 0 Å². The lowest BCUT2D eigenvalue weighted by Crippen LogP contribution is -2.02. The maximum atomic E-state index is 12.3. The molecule has 0 aliphatic rings. The fraction of sp³-hybridized carbons (Fsp3) is 0.429. The molecule has 0 amide bonds. The summed E-state index contributed by atoms with van der Waals surface area (Å²) >= 11 is 0. The Morgan fingerprint density at radius 2 is 2.56 bits per heavy atom. The van der Waals surface area contributed by atoms with Crippen molar-refractivity contribution < 1.29 is 9.50 Å². The topological polar surface area (TPSA) is 20.2 Å². The summed E-state index contributed by atoms with van der Waals surface area (Å²) in [7, 11) is 0.